The van der Waals surface area contributed by atoms with Gasteiger partial charge in [0.15, 0.2) is 18.1 Å². The number of benzene rings is 1. The van der Waals surface area contributed by atoms with Gasteiger partial charge >= 0.3 is 0 Å². The molecular formula is C15H17NO4. The molecule has 3 aliphatic rings. The topological polar surface area (TPSA) is 48.0 Å². The lowest BCUT2D eigenvalue weighted by Crippen LogP contribution is -2.38. The highest BCUT2D eigenvalue weighted by atomic mass is 16.8. The molecule has 106 valence electrons. The number of ether oxygens (including phenoxy) is 3. The summed E-state index contributed by atoms with van der Waals surface area (Å²) in [6.07, 6.45) is -1.05. The zero-order valence-electron chi connectivity index (χ0n) is 11.5. The smallest absolute Gasteiger partial charge is 0.257 e. The van der Waals surface area contributed by atoms with Crippen LogP contribution in [0.1, 0.15) is 25.6 Å². The van der Waals surface area contributed by atoms with E-state index >= 15 is 0 Å². The molecule has 3 saturated heterocycles. The first-order chi connectivity index (χ1) is 9.57. The van der Waals surface area contributed by atoms with Crippen LogP contribution in [0.15, 0.2) is 30.3 Å². The van der Waals surface area contributed by atoms with Crippen LogP contribution in [-0.2, 0) is 19.0 Å². The van der Waals surface area contributed by atoms with Gasteiger partial charge in [-0.25, -0.2) is 0 Å². The van der Waals surface area contributed by atoms with Gasteiger partial charge in [0.05, 0.1) is 12.6 Å². The van der Waals surface area contributed by atoms with E-state index in [0.717, 1.165) is 5.56 Å². The van der Waals surface area contributed by atoms with E-state index in [1.165, 1.54) is 0 Å². The van der Waals surface area contributed by atoms with Crippen molar-refractivity contribution < 1.29 is 19.0 Å². The predicted molar refractivity (Wildman–Crippen MR) is 69.6 cm³/mol. The molecular weight excluding hydrogens is 258 g/mol. The van der Waals surface area contributed by atoms with Gasteiger partial charge in [0, 0.05) is 5.56 Å². The highest BCUT2D eigenvalue weighted by molar-refractivity contribution is 5.86. The summed E-state index contributed by atoms with van der Waals surface area (Å²) < 4.78 is 17.4. The molecule has 1 amide bonds. The van der Waals surface area contributed by atoms with Gasteiger partial charge in [0.2, 0.25) is 0 Å². The van der Waals surface area contributed by atoms with Crippen molar-refractivity contribution in [3.05, 3.63) is 35.9 Å². The van der Waals surface area contributed by atoms with Crippen LogP contribution < -0.4 is 0 Å². The molecule has 0 radical (unpaired) electrons. The molecule has 5 nitrogen and oxygen atoms in total. The summed E-state index contributed by atoms with van der Waals surface area (Å²) in [4.78, 5) is 14.4. The molecule has 20 heavy (non-hydrogen) atoms. The van der Waals surface area contributed by atoms with E-state index < -0.39 is 11.9 Å². The van der Waals surface area contributed by atoms with Crippen LogP contribution in [-0.4, -0.2) is 41.5 Å². The zero-order chi connectivity index (χ0) is 13.9. The quantitative estimate of drug-likeness (QED) is 0.778. The summed E-state index contributed by atoms with van der Waals surface area (Å²) in [6.45, 7) is 4.17. The van der Waals surface area contributed by atoms with Crippen LogP contribution in [0.2, 0.25) is 0 Å². The van der Waals surface area contributed by atoms with Crippen LogP contribution in [0, 0.1) is 0 Å². The number of hydrogen-bond donors (Lipinski definition) is 0. The van der Waals surface area contributed by atoms with Crippen molar-refractivity contribution in [2.45, 2.75) is 44.1 Å². The molecule has 0 saturated carbocycles. The van der Waals surface area contributed by atoms with Crippen molar-refractivity contribution in [3.63, 3.8) is 0 Å². The van der Waals surface area contributed by atoms with Crippen LogP contribution in [0.5, 0.6) is 0 Å². The molecule has 0 bridgehead atoms. The lowest BCUT2D eigenvalue weighted by atomic mass is 10.1. The van der Waals surface area contributed by atoms with E-state index in [9.17, 15) is 4.79 Å². The molecule has 0 unspecified atom stereocenters. The average molecular weight is 275 g/mol. The summed E-state index contributed by atoms with van der Waals surface area (Å²) in [5.41, 5.74) is 0.989. The van der Waals surface area contributed by atoms with Crippen molar-refractivity contribution in [2.24, 2.45) is 0 Å². The van der Waals surface area contributed by atoms with E-state index in [1.54, 1.807) is 4.90 Å². The molecule has 5 heteroatoms. The first kappa shape index (κ1) is 12.3. The number of rotatable bonds is 1. The van der Waals surface area contributed by atoms with Gasteiger partial charge in [0.25, 0.3) is 5.91 Å². The van der Waals surface area contributed by atoms with Gasteiger partial charge in [0.1, 0.15) is 6.10 Å². The zero-order valence-corrected chi connectivity index (χ0v) is 11.5. The van der Waals surface area contributed by atoms with Crippen molar-refractivity contribution in [3.8, 4) is 0 Å². The maximum Gasteiger partial charge on any atom is 0.257 e. The second kappa shape index (κ2) is 4.04. The first-order valence-electron chi connectivity index (χ1n) is 6.91. The molecule has 1 aromatic carbocycles. The number of carbonyl (C=O) groups is 1. The summed E-state index contributed by atoms with van der Waals surface area (Å²) in [5, 5.41) is 0. The van der Waals surface area contributed by atoms with E-state index in [2.05, 4.69) is 0 Å². The number of hydrogen-bond acceptors (Lipinski definition) is 4. The Balaban J connectivity index is 1.65. The Hall–Kier alpha value is -1.43. The molecule has 3 aliphatic heterocycles. The summed E-state index contributed by atoms with van der Waals surface area (Å²) in [6, 6.07) is 9.73. The van der Waals surface area contributed by atoms with Gasteiger partial charge in [-0.2, -0.15) is 0 Å². The van der Waals surface area contributed by atoms with Gasteiger partial charge in [-0.3, -0.25) is 4.79 Å². The van der Waals surface area contributed by atoms with Crippen LogP contribution >= 0.6 is 0 Å². The third-order valence-corrected chi connectivity index (χ3v) is 4.13. The van der Waals surface area contributed by atoms with Crippen LogP contribution in [0.25, 0.3) is 0 Å². The SMILES string of the molecule is CC1(C)O[C@@H]2[C@H]3CO[C@H](c4ccccc4)N3C(=O)[C@@H]2O1. The highest BCUT2D eigenvalue weighted by Gasteiger charge is 2.61. The van der Waals surface area contributed by atoms with Crippen molar-refractivity contribution in [1.82, 2.24) is 4.90 Å². The van der Waals surface area contributed by atoms with Crippen molar-refractivity contribution in [2.75, 3.05) is 6.61 Å². The Kier molecular flexibility index (Phi) is 2.49. The largest absolute Gasteiger partial charge is 0.352 e. The van der Waals surface area contributed by atoms with E-state index in [-0.39, 0.29) is 24.3 Å². The minimum absolute atomic E-state index is 0.0306. The third kappa shape index (κ3) is 1.63. The summed E-state index contributed by atoms with van der Waals surface area (Å²) >= 11 is 0. The molecule has 0 N–H and O–H groups in total. The second-order valence-corrected chi connectivity index (χ2v) is 5.93. The van der Waals surface area contributed by atoms with Gasteiger partial charge in [-0.1, -0.05) is 30.3 Å². The lowest BCUT2D eigenvalue weighted by Gasteiger charge is -2.26. The fourth-order valence-corrected chi connectivity index (χ4v) is 3.34. The average Bonchev–Trinajstić information content (AvgIpc) is 3.04. The maximum absolute atomic E-state index is 12.6. The van der Waals surface area contributed by atoms with Crippen molar-refractivity contribution in [1.29, 1.82) is 0 Å². The monoisotopic (exact) mass is 275 g/mol. The third-order valence-electron chi connectivity index (χ3n) is 4.13. The molecule has 3 heterocycles. The molecule has 4 rings (SSSR count). The predicted octanol–water partition coefficient (Wildman–Crippen LogP) is 1.45. The van der Waals surface area contributed by atoms with Gasteiger partial charge in [-0.15, -0.1) is 0 Å². The minimum Gasteiger partial charge on any atom is -0.352 e. The van der Waals surface area contributed by atoms with Crippen LogP contribution in [0.3, 0.4) is 0 Å². The number of fused-ring (bicyclic) bond motifs is 3. The summed E-state index contributed by atoms with van der Waals surface area (Å²) in [5.74, 6) is -0.723. The standard InChI is InChI=1S/C15H17NO4/c1-15(2)19-11-10-8-18-14(9-6-4-3-5-7-9)16(10)13(17)12(11)20-15/h3-7,10-12,14H,8H2,1-2H3/t10-,11-,12-,14-/m1/s1. The Bertz CT molecular complexity index is 544. The molecule has 1 aromatic rings. The fraction of sp³-hybridized carbons (Fsp3) is 0.533. The Morgan fingerprint density at radius 1 is 1.20 bits per heavy atom. The molecule has 4 atom stereocenters. The van der Waals surface area contributed by atoms with Crippen molar-refractivity contribution >= 4 is 5.91 Å². The maximum atomic E-state index is 12.6. The van der Waals surface area contributed by atoms with Crippen LogP contribution in [0.4, 0.5) is 0 Å². The van der Waals surface area contributed by atoms with E-state index in [1.807, 2.05) is 44.2 Å². The lowest BCUT2D eigenvalue weighted by molar-refractivity contribution is -0.173. The highest BCUT2D eigenvalue weighted by Crippen LogP contribution is 2.44. The normalized spacial score (nSPS) is 38.1. The van der Waals surface area contributed by atoms with E-state index in [4.69, 9.17) is 14.2 Å². The Morgan fingerprint density at radius 2 is 1.95 bits per heavy atom. The van der Waals surface area contributed by atoms with Gasteiger partial charge < -0.3 is 19.1 Å². The summed E-state index contributed by atoms with van der Waals surface area (Å²) in [7, 11) is 0. The molecule has 0 aliphatic carbocycles. The van der Waals surface area contributed by atoms with Gasteiger partial charge in [-0.05, 0) is 13.8 Å². The number of nitrogens with zero attached hydrogens (tertiary/aromatic N) is 1. The number of amides is 1. The Morgan fingerprint density at radius 3 is 2.70 bits per heavy atom. The minimum atomic E-state index is -0.693. The first-order valence-corrected chi connectivity index (χ1v) is 6.91. The number of carbonyl (C=O) groups excluding carboxylic acids is 1. The molecule has 0 spiro atoms. The van der Waals surface area contributed by atoms with E-state index in [0.29, 0.717) is 6.61 Å². The fourth-order valence-electron chi connectivity index (χ4n) is 3.34. The second-order valence-electron chi connectivity index (χ2n) is 5.93. The Labute approximate surface area is 117 Å². The molecule has 0 aromatic heterocycles. The molecule has 3 fully saturated rings.